The van der Waals surface area contributed by atoms with Crippen LogP contribution in [0, 0.1) is 0 Å². The SMILES string of the molecule is CCCC1(CC)CC(c2ccccn2)CCO1.CCN[C@H]1CC[C@@H](O)c2ccccc21. The number of hydrogen-bond acceptors (Lipinski definition) is 4. The van der Waals surface area contributed by atoms with E-state index in [1.165, 1.54) is 24.1 Å². The lowest BCUT2D eigenvalue weighted by molar-refractivity contribution is -0.0937. The number of aliphatic hydroxyl groups is 1. The predicted octanol–water partition coefficient (Wildman–Crippen LogP) is 6.09. The topological polar surface area (TPSA) is 54.4 Å². The lowest BCUT2D eigenvalue weighted by Crippen LogP contribution is -2.38. The molecule has 4 rings (SSSR count). The van der Waals surface area contributed by atoms with Gasteiger partial charge in [0, 0.05) is 30.5 Å². The highest BCUT2D eigenvalue weighted by Crippen LogP contribution is 2.40. The fourth-order valence-corrected chi connectivity index (χ4v) is 5.18. The van der Waals surface area contributed by atoms with Gasteiger partial charge >= 0.3 is 0 Å². The van der Waals surface area contributed by atoms with E-state index >= 15 is 0 Å². The standard InChI is InChI=1S/C15H23NO.C12H17NO/c1-3-9-15(4-2)12-13(8-11-17-15)14-7-5-6-10-16-14;1-2-13-11-7-8-12(14)10-6-4-3-5-9(10)11/h5-7,10,13H,3-4,8-9,11-12H2,1-2H3;3-6,11-14H,2,7-8H2,1H3/t;11-,12+/m.0/s1. The van der Waals surface area contributed by atoms with Gasteiger partial charge in [0.05, 0.1) is 11.7 Å². The van der Waals surface area contributed by atoms with Crippen LogP contribution >= 0.6 is 0 Å². The summed E-state index contributed by atoms with van der Waals surface area (Å²) >= 11 is 0. The Morgan fingerprint density at radius 2 is 1.81 bits per heavy atom. The van der Waals surface area contributed by atoms with Crippen molar-refractivity contribution in [2.75, 3.05) is 13.2 Å². The zero-order chi connectivity index (χ0) is 22.1. The molecule has 4 atom stereocenters. The van der Waals surface area contributed by atoms with Crippen LogP contribution in [0.1, 0.15) is 101 Å². The first kappa shape index (κ1) is 23.9. The van der Waals surface area contributed by atoms with Crippen molar-refractivity contribution >= 4 is 0 Å². The van der Waals surface area contributed by atoms with Crippen LogP contribution in [0.4, 0.5) is 0 Å². The highest BCUT2D eigenvalue weighted by molar-refractivity contribution is 5.33. The van der Waals surface area contributed by atoms with E-state index in [0.29, 0.717) is 12.0 Å². The molecule has 4 nitrogen and oxygen atoms in total. The number of aliphatic hydroxyl groups excluding tert-OH is 1. The molecule has 0 amide bonds. The Labute approximate surface area is 188 Å². The van der Waals surface area contributed by atoms with Gasteiger partial charge in [-0.25, -0.2) is 0 Å². The van der Waals surface area contributed by atoms with Crippen molar-refractivity contribution in [2.24, 2.45) is 0 Å². The first-order chi connectivity index (χ1) is 15.1. The first-order valence-corrected chi connectivity index (χ1v) is 12.2. The van der Waals surface area contributed by atoms with E-state index in [-0.39, 0.29) is 11.7 Å². The van der Waals surface area contributed by atoms with Gasteiger partial charge in [0.15, 0.2) is 0 Å². The Morgan fingerprint density at radius 1 is 1.03 bits per heavy atom. The molecule has 0 radical (unpaired) electrons. The average Bonchev–Trinajstić information content (AvgIpc) is 2.82. The number of nitrogens with one attached hydrogen (secondary N) is 1. The Morgan fingerprint density at radius 3 is 2.48 bits per heavy atom. The van der Waals surface area contributed by atoms with Crippen molar-refractivity contribution in [3.05, 3.63) is 65.5 Å². The third-order valence-electron chi connectivity index (χ3n) is 6.86. The third kappa shape index (κ3) is 6.15. The maximum Gasteiger partial charge on any atom is 0.0794 e. The normalized spacial score (nSPS) is 27.7. The minimum absolute atomic E-state index is 0.106. The molecule has 2 aliphatic rings. The Kier molecular flexibility index (Phi) is 9.06. The van der Waals surface area contributed by atoms with E-state index in [2.05, 4.69) is 49.3 Å². The Balaban J connectivity index is 0.000000179. The number of pyridine rings is 1. The molecule has 2 N–H and O–H groups in total. The summed E-state index contributed by atoms with van der Waals surface area (Å²) in [4.78, 5) is 4.51. The molecule has 1 saturated heterocycles. The van der Waals surface area contributed by atoms with Gasteiger partial charge in [-0.3, -0.25) is 4.98 Å². The number of benzene rings is 1. The second-order valence-corrected chi connectivity index (χ2v) is 8.91. The van der Waals surface area contributed by atoms with E-state index in [0.717, 1.165) is 50.8 Å². The van der Waals surface area contributed by atoms with Gasteiger partial charge in [-0.05, 0) is 68.3 Å². The molecule has 2 aromatic rings. The smallest absolute Gasteiger partial charge is 0.0794 e. The molecule has 1 aliphatic carbocycles. The van der Waals surface area contributed by atoms with Gasteiger partial charge < -0.3 is 15.2 Å². The zero-order valence-electron chi connectivity index (χ0n) is 19.5. The second-order valence-electron chi connectivity index (χ2n) is 8.91. The van der Waals surface area contributed by atoms with Gasteiger partial charge in [-0.1, -0.05) is 57.5 Å². The van der Waals surface area contributed by atoms with Crippen LogP contribution in [0.5, 0.6) is 0 Å². The van der Waals surface area contributed by atoms with Gasteiger partial charge in [-0.15, -0.1) is 0 Å². The van der Waals surface area contributed by atoms with Crippen molar-refractivity contribution in [1.82, 2.24) is 10.3 Å². The van der Waals surface area contributed by atoms with Crippen molar-refractivity contribution in [1.29, 1.82) is 0 Å². The number of fused-ring (bicyclic) bond motifs is 1. The molecule has 0 spiro atoms. The quantitative estimate of drug-likeness (QED) is 0.589. The summed E-state index contributed by atoms with van der Waals surface area (Å²) in [5, 5.41) is 13.3. The predicted molar refractivity (Wildman–Crippen MR) is 127 cm³/mol. The van der Waals surface area contributed by atoms with Crippen molar-refractivity contribution < 1.29 is 9.84 Å². The molecule has 170 valence electrons. The average molecular weight is 425 g/mol. The summed E-state index contributed by atoms with van der Waals surface area (Å²) in [6.45, 7) is 8.47. The number of aromatic nitrogens is 1. The van der Waals surface area contributed by atoms with Gasteiger partial charge in [0.2, 0.25) is 0 Å². The fraction of sp³-hybridized carbons (Fsp3) is 0.593. The van der Waals surface area contributed by atoms with Gasteiger partial charge in [0.25, 0.3) is 0 Å². The van der Waals surface area contributed by atoms with Gasteiger partial charge in [-0.2, -0.15) is 0 Å². The van der Waals surface area contributed by atoms with Crippen LogP contribution in [0.3, 0.4) is 0 Å². The molecule has 1 aliphatic heterocycles. The molecule has 1 fully saturated rings. The van der Waals surface area contributed by atoms with Crippen molar-refractivity contribution in [3.63, 3.8) is 0 Å². The lowest BCUT2D eigenvalue weighted by Gasteiger charge is -2.40. The molecule has 4 heteroatoms. The van der Waals surface area contributed by atoms with Gasteiger partial charge in [0.1, 0.15) is 0 Å². The maximum atomic E-state index is 9.82. The molecule has 31 heavy (non-hydrogen) atoms. The monoisotopic (exact) mass is 424 g/mol. The molecular formula is C27H40N2O2. The summed E-state index contributed by atoms with van der Waals surface area (Å²) in [6.07, 6.45) is 9.27. The summed E-state index contributed by atoms with van der Waals surface area (Å²) in [7, 11) is 0. The maximum absolute atomic E-state index is 9.82. The van der Waals surface area contributed by atoms with Crippen molar-refractivity contribution in [3.8, 4) is 0 Å². The molecule has 1 aromatic carbocycles. The zero-order valence-corrected chi connectivity index (χ0v) is 19.5. The van der Waals surface area contributed by atoms with Crippen LogP contribution in [0.2, 0.25) is 0 Å². The second kappa shape index (κ2) is 11.8. The fourth-order valence-electron chi connectivity index (χ4n) is 5.18. The number of ether oxygens (including phenoxy) is 1. The summed E-state index contributed by atoms with van der Waals surface area (Å²) in [5.41, 5.74) is 3.72. The molecular weight excluding hydrogens is 384 g/mol. The number of hydrogen-bond donors (Lipinski definition) is 2. The van der Waals surface area contributed by atoms with Crippen LogP contribution in [-0.4, -0.2) is 28.8 Å². The van der Waals surface area contributed by atoms with E-state index in [4.69, 9.17) is 4.74 Å². The highest BCUT2D eigenvalue weighted by atomic mass is 16.5. The molecule has 2 heterocycles. The van der Waals surface area contributed by atoms with E-state index < -0.39 is 0 Å². The molecule has 1 aromatic heterocycles. The summed E-state index contributed by atoms with van der Waals surface area (Å²) in [6, 6.07) is 14.8. The third-order valence-corrected chi connectivity index (χ3v) is 6.86. The van der Waals surface area contributed by atoms with Crippen LogP contribution in [0.25, 0.3) is 0 Å². The van der Waals surface area contributed by atoms with Crippen LogP contribution in [0.15, 0.2) is 48.7 Å². The van der Waals surface area contributed by atoms with E-state index in [1.54, 1.807) is 0 Å². The minimum atomic E-state index is -0.263. The molecule has 2 unspecified atom stereocenters. The Hall–Kier alpha value is -1.75. The minimum Gasteiger partial charge on any atom is -0.388 e. The lowest BCUT2D eigenvalue weighted by atomic mass is 9.80. The largest absolute Gasteiger partial charge is 0.388 e. The van der Waals surface area contributed by atoms with Crippen molar-refractivity contribution in [2.45, 2.75) is 89.4 Å². The summed E-state index contributed by atoms with van der Waals surface area (Å²) in [5.74, 6) is 0.580. The first-order valence-electron chi connectivity index (χ1n) is 12.2. The highest BCUT2D eigenvalue weighted by Gasteiger charge is 2.36. The van der Waals surface area contributed by atoms with E-state index in [9.17, 15) is 5.11 Å². The Bertz CT molecular complexity index is 778. The van der Waals surface area contributed by atoms with Crippen LogP contribution < -0.4 is 5.32 Å². The molecule has 0 saturated carbocycles. The summed E-state index contributed by atoms with van der Waals surface area (Å²) < 4.78 is 6.08. The number of rotatable bonds is 6. The molecule has 0 bridgehead atoms. The van der Waals surface area contributed by atoms with Crippen LogP contribution in [-0.2, 0) is 4.74 Å². The number of nitrogens with zero attached hydrogens (tertiary/aromatic N) is 1. The van der Waals surface area contributed by atoms with E-state index in [1.807, 2.05) is 30.5 Å².